The summed E-state index contributed by atoms with van der Waals surface area (Å²) in [6.45, 7) is 8.04. The van der Waals surface area contributed by atoms with Crippen LogP contribution in [0.1, 0.15) is 92.9 Å². The Morgan fingerprint density at radius 2 is 1.14 bits per heavy atom. The quantitative estimate of drug-likeness (QED) is 0.0437. The van der Waals surface area contributed by atoms with E-state index in [1.807, 2.05) is 6.92 Å². The number of aliphatic hydroxyl groups excluding tert-OH is 18. The van der Waals surface area contributed by atoms with Crippen LogP contribution in [0.15, 0.2) is 11.6 Å². The molecule has 18 N–H and O–H groups in total. The molecular weight excluding hydrogens is 1160 g/mol. The molecule has 5 aliphatic heterocycles. The maximum absolute atomic E-state index is 15.4. The van der Waals surface area contributed by atoms with Crippen LogP contribution in [0.3, 0.4) is 0 Å². The van der Waals surface area contributed by atoms with Gasteiger partial charge >= 0.3 is 5.97 Å². The van der Waals surface area contributed by atoms with Gasteiger partial charge in [0.15, 0.2) is 31.3 Å². The Kier molecular flexibility index (Phi) is 19.6. The molecule has 0 amide bonds. The second-order valence-electron chi connectivity index (χ2n) is 28.2. The summed E-state index contributed by atoms with van der Waals surface area (Å²) in [5.74, 6) is -2.39. The van der Waals surface area contributed by atoms with Crippen molar-refractivity contribution in [3.05, 3.63) is 11.6 Å². The van der Waals surface area contributed by atoms with E-state index in [1.54, 1.807) is 0 Å². The summed E-state index contributed by atoms with van der Waals surface area (Å²) in [7, 11) is 0. The predicted octanol–water partition coefficient (Wildman–Crippen LogP) is -6.02. The lowest BCUT2D eigenvalue weighted by Gasteiger charge is -2.72. The van der Waals surface area contributed by atoms with Crippen LogP contribution < -0.4 is 0 Å². The zero-order chi connectivity index (χ0) is 63.6. The first-order chi connectivity index (χ1) is 40.8. The van der Waals surface area contributed by atoms with Crippen LogP contribution in [0.25, 0.3) is 0 Å². The van der Waals surface area contributed by atoms with Gasteiger partial charge in [-0.25, -0.2) is 0 Å². The Hall–Kier alpha value is -1.87. The fourth-order valence-electron chi connectivity index (χ4n) is 17.6. The van der Waals surface area contributed by atoms with Crippen molar-refractivity contribution in [1.82, 2.24) is 0 Å². The zero-order valence-corrected chi connectivity index (χ0v) is 49.8. The molecule has 0 aromatic carbocycles. The molecule has 500 valence electrons. The summed E-state index contributed by atoms with van der Waals surface area (Å²) < 4.78 is 58.5. The molecule has 10 rings (SSSR count). The SMILES string of the molecule is C[C@H]1O[C@H](O[C@@H]2[C@@H](OC(=O)[C@@]34CCC(C)(C)C[C@@H]3C3=CC[C@H]5[C@]6(C)C[C@@H](O)[C@@H](O[C@H]7O[C@@H](CO[C@H]8O[C@@H](CO)[C@H](O)[C@@H](O)[C@@H]8O)[C@H](O)[C@@H](O)[C@@H]7O)C(CO)(CO)[C@H]6CC[C@]5(C)[C@@]3(C)C[C@@H]4O)OC[C@@H](O)[C@H]2O)[C@@H](O)[C@@H](O)[C@@H]1O[C@H]1OC[C@H](O)[C@@H](O)[C@@H]1O. The highest BCUT2D eigenvalue weighted by Crippen LogP contribution is 2.76. The van der Waals surface area contributed by atoms with E-state index in [9.17, 15) is 91.9 Å². The molecule has 0 bridgehead atoms. The lowest BCUT2D eigenvalue weighted by Crippen LogP contribution is -2.71. The third-order valence-electron chi connectivity index (χ3n) is 22.9. The lowest BCUT2D eigenvalue weighted by atomic mass is 9.33. The number of rotatable bonds is 14. The standard InChI is InChI=1S/C58H94O29/c1-22-44(84-48-40(73)33(66)26(63)17-78-48)39(72)43(76)49(81-22)85-45-34(67)27(64)18-79-51(45)87-52(77)58-12-11-53(2,3)13-24(58)23-7-8-30-54(4)14-25(62)46(57(20-60,21-61)31(54)9-10-55(30,5)56(23,6)15-32(58)65)86-50-42(75)38(71)36(69)29(83-50)19-80-47-41(74)37(70)35(68)28(16-59)82-47/h7,22,24-51,59-76H,8-21H2,1-6H3/t22-,24-,25-,26+,27-,28+,29+,30+,31+,32+,33-,34-,35+,36+,37-,38-,39-,40+,41+,42+,43+,44-,45+,46-,47+,48-,49-,50-,51-,54+,55+,56+,58+/m1/s1. The van der Waals surface area contributed by atoms with E-state index in [-0.39, 0.29) is 30.6 Å². The first-order valence-electron chi connectivity index (χ1n) is 30.5. The molecular formula is C58H94O29. The summed E-state index contributed by atoms with van der Waals surface area (Å²) >= 11 is 0. The van der Waals surface area contributed by atoms with Gasteiger partial charge in [0.05, 0.1) is 64.1 Å². The number of esters is 1. The molecule has 0 aromatic heterocycles. The van der Waals surface area contributed by atoms with Crippen LogP contribution in [0, 0.1) is 50.2 Å². The molecule has 29 heteroatoms. The minimum atomic E-state index is -1.94. The molecule has 5 saturated heterocycles. The van der Waals surface area contributed by atoms with Crippen molar-refractivity contribution in [2.24, 2.45) is 50.2 Å². The van der Waals surface area contributed by atoms with Crippen molar-refractivity contribution in [3.8, 4) is 0 Å². The molecule has 0 radical (unpaired) electrons. The van der Waals surface area contributed by atoms with Gasteiger partial charge in [0, 0.05) is 5.41 Å². The van der Waals surface area contributed by atoms with Gasteiger partial charge in [-0.15, -0.1) is 0 Å². The number of allylic oxidation sites excluding steroid dienone is 2. The molecule has 0 aromatic rings. The van der Waals surface area contributed by atoms with E-state index in [0.717, 1.165) is 5.57 Å². The number of carbonyl (C=O) groups is 1. The Morgan fingerprint density at radius 3 is 1.79 bits per heavy atom. The number of hydrogen-bond acceptors (Lipinski definition) is 29. The van der Waals surface area contributed by atoms with E-state index in [2.05, 4.69) is 33.8 Å². The zero-order valence-electron chi connectivity index (χ0n) is 49.8. The number of ether oxygens (including phenoxy) is 10. The molecule has 5 heterocycles. The highest BCUT2D eigenvalue weighted by molar-refractivity contribution is 5.80. The molecule has 29 nitrogen and oxygen atoms in total. The third kappa shape index (κ3) is 11.2. The lowest BCUT2D eigenvalue weighted by molar-refractivity contribution is -0.369. The van der Waals surface area contributed by atoms with Crippen molar-refractivity contribution in [3.63, 3.8) is 0 Å². The van der Waals surface area contributed by atoms with Crippen LogP contribution in [-0.2, 0) is 52.2 Å². The first kappa shape index (κ1) is 68.0. The predicted molar refractivity (Wildman–Crippen MR) is 288 cm³/mol. The summed E-state index contributed by atoms with van der Waals surface area (Å²) in [5.41, 5.74) is -5.07. The summed E-state index contributed by atoms with van der Waals surface area (Å²) in [4.78, 5) is 15.4. The van der Waals surface area contributed by atoms with Crippen LogP contribution in [0.4, 0.5) is 0 Å². The number of aliphatic hydroxyl groups is 18. The average Bonchev–Trinajstić information content (AvgIpc) is 0.674. The molecule has 10 aliphatic rings. The molecule has 9 fully saturated rings. The topological polar surface area (TPSA) is 474 Å². The Bertz CT molecular complexity index is 2420. The van der Waals surface area contributed by atoms with Crippen LogP contribution in [0.5, 0.6) is 0 Å². The second kappa shape index (κ2) is 25.1. The van der Waals surface area contributed by atoms with E-state index < -0.39 is 244 Å². The average molecular weight is 1260 g/mol. The summed E-state index contributed by atoms with van der Waals surface area (Å²) in [6.07, 6.45) is -38.3. The maximum atomic E-state index is 15.4. The second-order valence-corrected chi connectivity index (χ2v) is 28.2. The van der Waals surface area contributed by atoms with E-state index in [0.29, 0.717) is 32.1 Å². The van der Waals surface area contributed by atoms with Gasteiger partial charge in [0.2, 0.25) is 6.29 Å². The first-order valence-corrected chi connectivity index (χ1v) is 30.5. The van der Waals surface area contributed by atoms with Gasteiger partial charge in [0.25, 0.3) is 0 Å². The smallest absolute Gasteiger partial charge is 0.317 e. The Morgan fingerprint density at radius 1 is 0.563 bits per heavy atom. The van der Waals surface area contributed by atoms with Crippen molar-refractivity contribution in [1.29, 1.82) is 0 Å². The van der Waals surface area contributed by atoms with Crippen LogP contribution >= 0.6 is 0 Å². The van der Waals surface area contributed by atoms with Crippen molar-refractivity contribution >= 4 is 5.97 Å². The molecule has 0 spiro atoms. The van der Waals surface area contributed by atoms with Crippen LogP contribution in [-0.4, -0.2) is 297 Å². The van der Waals surface area contributed by atoms with Crippen molar-refractivity contribution in [2.45, 2.75) is 253 Å². The highest BCUT2D eigenvalue weighted by atomic mass is 16.8. The highest BCUT2D eigenvalue weighted by Gasteiger charge is 2.74. The van der Waals surface area contributed by atoms with Gasteiger partial charge in [-0.3, -0.25) is 4.79 Å². The third-order valence-corrected chi connectivity index (χ3v) is 22.9. The molecule has 5 aliphatic carbocycles. The van der Waals surface area contributed by atoms with Crippen molar-refractivity contribution in [2.75, 3.05) is 39.6 Å². The van der Waals surface area contributed by atoms with Crippen LogP contribution in [0.2, 0.25) is 0 Å². The molecule has 87 heavy (non-hydrogen) atoms. The number of carbonyl (C=O) groups excluding carboxylic acids is 1. The van der Waals surface area contributed by atoms with Gasteiger partial charge in [-0.1, -0.05) is 46.3 Å². The minimum Gasteiger partial charge on any atom is -0.432 e. The van der Waals surface area contributed by atoms with Gasteiger partial charge in [-0.05, 0) is 97.7 Å². The number of hydrogen-bond donors (Lipinski definition) is 18. The maximum Gasteiger partial charge on any atom is 0.317 e. The van der Waals surface area contributed by atoms with Gasteiger partial charge < -0.3 is 139 Å². The summed E-state index contributed by atoms with van der Waals surface area (Å²) in [5, 5.41) is 198. The normalized spacial score (nSPS) is 54.0. The van der Waals surface area contributed by atoms with E-state index >= 15 is 4.79 Å². The fraction of sp³-hybridized carbons (Fsp3) is 0.948. The van der Waals surface area contributed by atoms with Gasteiger partial charge in [0.1, 0.15) is 103 Å². The van der Waals surface area contributed by atoms with E-state index in [4.69, 9.17) is 47.4 Å². The Labute approximate surface area is 502 Å². The Balaban J connectivity index is 0.876. The van der Waals surface area contributed by atoms with Gasteiger partial charge in [-0.2, -0.15) is 0 Å². The molecule has 4 saturated carbocycles. The summed E-state index contributed by atoms with van der Waals surface area (Å²) in [6, 6.07) is 0. The minimum absolute atomic E-state index is 0.0349. The fourth-order valence-corrected chi connectivity index (χ4v) is 17.6. The monoisotopic (exact) mass is 1250 g/mol. The van der Waals surface area contributed by atoms with Crippen molar-refractivity contribution < 1.29 is 144 Å². The molecule has 33 atom stereocenters. The molecule has 0 unspecified atom stereocenters. The number of fused-ring (bicyclic) bond motifs is 7. The van der Waals surface area contributed by atoms with E-state index in [1.165, 1.54) is 6.92 Å². The largest absolute Gasteiger partial charge is 0.432 e.